The summed E-state index contributed by atoms with van der Waals surface area (Å²) < 4.78 is 0. The van der Waals surface area contributed by atoms with E-state index in [9.17, 15) is 4.79 Å². The lowest BCUT2D eigenvalue weighted by Crippen LogP contribution is -2.45. The summed E-state index contributed by atoms with van der Waals surface area (Å²) in [6, 6.07) is 5.37. The Hall–Kier alpha value is -1.13. The molecule has 104 valence electrons. The van der Waals surface area contributed by atoms with E-state index in [2.05, 4.69) is 5.32 Å². The van der Waals surface area contributed by atoms with E-state index in [-0.39, 0.29) is 10.9 Å². The first-order valence-corrected chi connectivity index (χ1v) is 7.03. The number of carbonyl (C=O) groups is 1. The molecule has 1 aromatic carbocycles. The summed E-state index contributed by atoms with van der Waals surface area (Å²) in [4.78, 5) is 12.7. The van der Waals surface area contributed by atoms with Crippen molar-refractivity contribution in [1.29, 1.82) is 0 Å². The van der Waals surface area contributed by atoms with Gasteiger partial charge in [0.25, 0.3) is 0 Å². The van der Waals surface area contributed by atoms with Gasteiger partial charge >= 0.3 is 0 Å². The molecule has 19 heavy (non-hydrogen) atoms. The van der Waals surface area contributed by atoms with E-state index >= 15 is 0 Å². The Morgan fingerprint density at radius 3 is 2.47 bits per heavy atom. The van der Waals surface area contributed by atoms with Crippen molar-refractivity contribution >= 4 is 40.4 Å². The third-order valence-electron chi connectivity index (χ3n) is 3.56. The summed E-state index contributed by atoms with van der Waals surface area (Å²) in [6.07, 6.45) is 1.15. The number of hydrogen-bond acceptors (Lipinski definition) is 2. The van der Waals surface area contributed by atoms with E-state index in [1.165, 1.54) is 0 Å². The highest BCUT2D eigenvalue weighted by molar-refractivity contribution is 7.80. The number of halogens is 1. The van der Waals surface area contributed by atoms with Crippen LogP contribution < -0.4 is 11.1 Å². The Morgan fingerprint density at radius 1 is 1.42 bits per heavy atom. The van der Waals surface area contributed by atoms with Crippen LogP contribution in [0.4, 0.5) is 5.69 Å². The minimum absolute atomic E-state index is 0.171. The van der Waals surface area contributed by atoms with Crippen LogP contribution in [-0.2, 0) is 4.79 Å². The number of anilines is 1. The van der Waals surface area contributed by atoms with Crippen LogP contribution in [0, 0.1) is 12.3 Å². The molecule has 0 saturated carbocycles. The zero-order chi connectivity index (χ0) is 14.6. The smallest absolute Gasteiger partial charge is 0.237 e. The van der Waals surface area contributed by atoms with Gasteiger partial charge in [0.1, 0.15) is 0 Å². The predicted molar refractivity (Wildman–Crippen MR) is 84.6 cm³/mol. The molecule has 0 saturated heterocycles. The van der Waals surface area contributed by atoms with Gasteiger partial charge in [0.2, 0.25) is 5.91 Å². The number of benzene rings is 1. The summed E-state index contributed by atoms with van der Waals surface area (Å²) >= 11 is 11.0. The molecule has 0 aliphatic rings. The van der Waals surface area contributed by atoms with Gasteiger partial charge in [-0.05, 0) is 37.5 Å². The van der Waals surface area contributed by atoms with Gasteiger partial charge in [-0.2, -0.15) is 0 Å². The molecular formula is C14H19ClN2OS. The van der Waals surface area contributed by atoms with Crippen molar-refractivity contribution in [2.24, 2.45) is 11.1 Å². The highest BCUT2D eigenvalue weighted by Gasteiger charge is 2.38. The average Bonchev–Trinajstić information content (AvgIpc) is 2.35. The van der Waals surface area contributed by atoms with Gasteiger partial charge in [0.05, 0.1) is 10.4 Å². The molecule has 0 bridgehead atoms. The normalized spacial score (nSPS) is 11.2. The standard InChI is InChI=1S/C14H19ClN2OS/c1-4-14(5-2,12(16)19)13(18)17-11-8-10(15)7-6-9(11)3/h6-8H,4-5H2,1-3H3,(H2,16,19)(H,17,18). The van der Waals surface area contributed by atoms with Gasteiger partial charge < -0.3 is 11.1 Å². The Morgan fingerprint density at radius 2 is 2.00 bits per heavy atom. The second-order valence-corrected chi connectivity index (χ2v) is 5.44. The van der Waals surface area contributed by atoms with Gasteiger partial charge in [-0.3, -0.25) is 4.79 Å². The first kappa shape index (κ1) is 15.9. The average molecular weight is 299 g/mol. The number of carbonyl (C=O) groups excluding carboxylic acids is 1. The molecular weight excluding hydrogens is 280 g/mol. The van der Waals surface area contributed by atoms with Crippen LogP contribution >= 0.6 is 23.8 Å². The van der Waals surface area contributed by atoms with Crippen LogP contribution in [-0.4, -0.2) is 10.9 Å². The first-order valence-electron chi connectivity index (χ1n) is 6.25. The van der Waals surface area contributed by atoms with Gasteiger partial charge in [-0.15, -0.1) is 0 Å². The SMILES string of the molecule is CCC(CC)(C(=O)Nc1cc(Cl)ccc1C)C(N)=S. The second kappa shape index (κ2) is 6.35. The molecule has 0 radical (unpaired) electrons. The Balaban J connectivity index is 3.07. The number of thiocarbonyl (C=S) groups is 1. The molecule has 0 aromatic heterocycles. The summed E-state index contributed by atoms with van der Waals surface area (Å²) in [6.45, 7) is 5.73. The predicted octanol–water partition coefficient (Wildman–Crippen LogP) is 3.68. The molecule has 0 aliphatic heterocycles. The molecule has 3 nitrogen and oxygen atoms in total. The molecule has 0 aliphatic carbocycles. The number of amides is 1. The second-order valence-electron chi connectivity index (χ2n) is 4.57. The fraction of sp³-hybridized carbons (Fsp3) is 0.429. The van der Waals surface area contributed by atoms with Gasteiger partial charge in [0, 0.05) is 10.7 Å². The Kier molecular flexibility index (Phi) is 5.32. The van der Waals surface area contributed by atoms with E-state index in [0.717, 1.165) is 5.56 Å². The Bertz CT molecular complexity index is 498. The summed E-state index contributed by atoms with van der Waals surface area (Å²) in [7, 11) is 0. The monoisotopic (exact) mass is 298 g/mol. The first-order chi connectivity index (χ1) is 8.87. The largest absolute Gasteiger partial charge is 0.392 e. The lowest BCUT2D eigenvalue weighted by molar-refractivity contribution is -0.122. The van der Waals surface area contributed by atoms with Crippen LogP contribution in [0.5, 0.6) is 0 Å². The van der Waals surface area contributed by atoms with Crippen molar-refractivity contribution in [1.82, 2.24) is 0 Å². The molecule has 0 unspecified atom stereocenters. The van der Waals surface area contributed by atoms with Crippen molar-refractivity contribution in [2.75, 3.05) is 5.32 Å². The fourth-order valence-electron chi connectivity index (χ4n) is 2.00. The molecule has 5 heteroatoms. The minimum Gasteiger partial charge on any atom is -0.392 e. The molecule has 1 amide bonds. The van der Waals surface area contributed by atoms with Crippen molar-refractivity contribution in [3.05, 3.63) is 28.8 Å². The lowest BCUT2D eigenvalue weighted by Gasteiger charge is -2.29. The van der Waals surface area contributed by atoms with E-state index in [0.29, 0.717) is 23.6 Å². The molecule has 0 spiro atoms. The quantitative estimate of drug-likeness (QED) is 0.815. The van der Waals surface area contributed by atoms with Crippen LogP contribution in [0.25, 0.3) is 0 Å². The van der Waals surface area contributed by atoms with Crippen LogP contribution in [0.2, 0.25) is 5.02 Å². The third-order valence-corrected chi connectivity index (χ3v) is 4.19. The van der Waals surface area contributed by atoms with Gasteiger partial charge in [-0.1, -0.05) is 43.7 Å². The highest BCUT2D eigenvalue weighted by Crippen LogP contribution is 2.30. The third kappa shape index (κ3) is 3.25. The maximum atomic E-state index is 12.5. The maximum Gasteiger partial charge on any atom is 0.237 e. The highest BCUT2D eigenvalue weighted by atomic mass is 35.5. The van der Waals surface area contributed by atoms with Crippen LogP contribution in [0.1, 0.15) is 32.3 Å². The van der Waals surface area contributed by atoms with E-state index in [1.54, 1.807) is 12.1 Å². The Labute approximate surface area is 124 Å². The fourth-order valence-corrected chi connectivity index (χ4v) is 2.56. The molecule has 1 aromatic rings. The topological polar surface area (TPSA) is 55.1 Å². The van der Waals surface area contributed by atoms with Crippen molar-refractivity contribution in [3.63, 3.8) is 0 Å². The number of nitrogens with one attached hydrogen (secondary N) is 1. The van der Waals surface area contributed by atoms with E-state index < -0.39 is 5.41 Å². The lowest BCUT2D eigenvalue weighted by atomic mass is 9.81. The molecule has 3 N–H and O–H groups in total. The van der Waals surface area contributed by atoms with Crippen molar-refractivity contribution in [3.8, 4) is 0 Å². The number of hydrogen-bond donors (Lipinski definition) is 2. The van der Waals surface area contributed by atoms with Crippen molar-refractivity contribution in [2.45, 2.75) is 33.6 Å². The van der Waals surface area contributed by atoms with E-state index in [1.807, 2.05) is 26.8 Å². The molecule has 0 fully saturated rings. The van der Waals surface area contributed by atoms with Crippen LogP contribution in [0.3, 0.4) is 0 Å². The zero-order valence-electron chi connectivity index (χ0n) is 11.4. The molecule has 0 atom stereocenters. The number of aryl methyl sites for hydroxylation is 1. The maximum absolute atomic E-state index is 12.5. The van der Waals surface area contributed by atoms with Gasteiger partial charge in [0.15, 0.2) is 0 Å². The summed E-state index contributed by atoms with van der Waals surface area (Å²) in [5.74, 6) is -0.171. The van der Waals surface area contributed by atoms with E-state index in [4.69, 9.17) is 29.6 Å². The molecule has 1 rings (SSSR count). The van der Waals surface area contributed by atoms with Crippen LogP contribution in [0.15, 0.2) is 18.2 Å². The summed E-state index contributed by atoms with van der Waals surface area (Å²) in [5, 5.41) is 3.46. The number of rotatable bonds is 5. The number of nitrogens with two attached hydrogens (primary N) is 1. The van der Waals surface area contributed by atoms with Crippen molar-refractivity contribution < 1.29 is 4.79 Å². The minimum atomic E-state index is -0.801. The molecule has 0 heterocycles. The van der Waals surface area contributed by atoms with Gasteiger partial charge in [-0.25, -0.2) is 0 Å². The zero-order valence-corrected chi connectivity index (χ0v) is 13.0. The summed E-state index contributed by atoms with van der Waals surface area (Å²) in [5.41, 5.74) is 6.60.